The molecule has 0 spiro atoms. The number of halogens is 3. The molecular weight excluding hydrogens is 203 g/mol. The largest absolute Gasteiger partial charge is 0.416 e. The molecule has 0 aromatic heterocycles. The molecule has 0 fully saturated rings. The fourth-order valence-corrected chi connectivity index (χ4v) is 2.03. The van der Waals surface area contributed by atoms with Crippen LogP contribution in [0, 0.1) is 0 Å². The number of hydrogen-bond donors (Lipinski definition) is 1. The van der Waals surface area contributed by atoms with Crippen LogP contribution in [-0.2, 0) is 18.1 Å². The average Bonchev–Trinajstić information content (AvgIpc) is 2.41. The summed E-state index contributed by atoms with van der Waals surface area (Å²) in [6.45, 7) is 1.78. The Labute approximate surface area is 86.1 Å². The minimum absolute atomic E-state index is 0.611. The molecule has 1 aliphatic rings. The Hall–Kier alpha value is -1.03. The van der Waals surface area contributed by atoms with Crippen molar-refractivity contribution in [2.24, 2.45) is 5.73 Å². The Morgan fingerprint density at radius 3 is 2.60 bits per heavy atom. The van der Waals surface area contributed by atoms with Gasteiger partial charge < -0.3 is 5.73 Å². The predicted molar refractivity (Wildman–Crippen MR) is 51.3 cm³/mol. The molecule has 0 bridgehead atoms. The summed E-state index contributed by atoms with van der Waals surface area (Å²) in [6.07, 6.45) is -2.81. The van der Waals surface area contributed by atoms with Crippen LogP contribution in [0.15, 0.2) is 18.2 Å². The van der Waals surface area contributed by atoms with E-state index in [4.69, 9.17) is 5.73 Å². The smallest absolute Gasteiger partial charge is 0.322 e. The van der Waals surface area contributed by atoms with Gasteiger partial charge in [0.25, 0.3) is 0 Å². The Morgan fingerprint density at radius 1 is 1.33 bits per heavy atom. The van der Waals surface area contributed by atoms with Gasteiger partial charge in [0.2, 0.25) is 0 Å². The van der Waals surface area contributed by atoms with E-state index in [0.29, 0.717) is 12.0 Å². The number of fused-ring (bicyclic) bond motifs is 1. The lowest BCUT2D eigenvalue weighted by atomic mass is 9.94. The maximum absolute atomic E-state index is 12.5. The fourth-order valence-electron chi connectivity index (χ4n) is 2.03. The number of aryl methyl sites for hydroxylation is 1. The lowest BCUT2D eigenvalue weighted by Crippen LogP contribution is -2.30. The SMILES string of the molecule is CC1(N)CCc2ccc(C(F)(F)F)cc21. The molecule has 0 radical (unpaired) electrons. The van der Waals surface area contributed by atoms with E-state index < -0.39 is 17.3 Å². The summed E-state index contributed by atoms with van der Waals surface area (Å²) in [5.74, 6) is 0. The second-order valence-electron chi connectivity index (χ2n) is 4.29. The third-order valence-corrected chi connectivity index (χ3v) is 2.97. The van der Waals surface area contributed by atoms with Crippen LogP contribution in [0.4, 0.5) is 13.2 Å². The molecular formula is C11H12F3N. The summed E-state index contributed by atoms with van der Waals surface area (Å²) in [7, 11) is 0. The van der Waals surface area contributed by atoms with Crippen LogP contribution in [0.1, 0.15) is 30.0 Å². The molecule has 15 heavy (non-hydrogen) atoms. The number of rotatable bonds is 0. The minimum Gasteiger partial charge on any atom is -0.322 e. The Kier molecular flexibility index (Phi) is 2.08. The lowest BCUT2D eigenvalue weighted by molar-refractivity contribution is -0.137. The first kappa shape index (κ1) is 10.5. The molecule has 0 amide bonds. The van der Waals surface area contributed by atoms with Gasteiger partial charge in [-0.1, -0.05) is 6.07 Å². The molecule has 0 aliphatic heterocycles. The molecule has 82 valence electrons. The van der Waals surface area contributed by atoms with E-state index >= 15 is 0 Å². The van der Waals surface area contributed by atoms with E-state index in [-0.39, 0.29) is 0 Å². The molecule has 1 atom stereocenters. The van der Waals surface area contributed by atoms with Crippen molar-refractivity contribution in [1.29, 1.82) is 0 Å². The van der Waals surface area contributed by atoms with Crippen LogP contribution in [0.5, 0.6) is 0 Å². The van der Waals surface area contributed by atoms with Gasteiger partial charge in [0.1, 0.15) is 0 Å². The Bertz CT molecular complexity index is 393. The van der Waals surface area contributed by atoms with Gasteiger partial charge in [-0.15, -0.1) is 0 Å². The number of hydrogen-bond acceptors (Lipinski definition) is 1. The van der Waals surface area contributed by atoms with Crippen molar-refractivity contribution in [3.05, 3.63) is 34.9 Å². The highest BCUT2D eigenvalue weighted by Crippen LogP contribution is 2.38. The van der Waals surface area contributed by atoms with Crippen molar-refractivity contribution in [2.75, 3.05) is 0 Å². The van der Waals surface area contributed by atoms with Crippen molar-refractivity contribution in [1.82, 2.24) is 0 Å². The van der Waals surface area contributed by atoms with Gasteiger partial charge in [-0.25, -0.2) is 0 Å². The first-order chi connectivity index (χ1) is 6.81. The Balaban J connectivity index is 2.51. The van der Waals surface area contributed by atoms with Crippen molar-refractivity contribution in [3.8, 4) is 0 Å². The van der Waals surface area contributed by atoms with Crippen LogP contribution in [0.3, 0.4) is 0 Å². The van der Waals surface area contributed by atoms with Gasteiger partial charge in [0.15, 0.2) is 0 Å². The van der Waals surface area contributed by atoms with E-state index in [1.165, 1.54) is 12.1 Å². The van der Waals surface area contributed by atoms with Crippen LogP contribution in [-0.4, -0.2) is 0 Å². The zero-order valence-corrected chi connectivity index (χ0v) is 8.36. The normalized spacial score (nSPS) is 25.4. The number of benzene rings is 1. The lowest BCUT2D eigenvalue weighted by Gasteiger charge is -2.20. The second-order valence-corrected chi connectivity index (χ2v) is 4.29. The van der Waals surface area contributed by atoms with Crippen LogP contribution in [0.2, 0.25) is 0 Å². The quantitative estimate of drug-likeness (QED) is 0.707. The minimum atomic E-state index is -4.28. The van der Waals surface area contributed by atoms with Gasteiger partial charge >= 0.3 is 6.18 Å². The van der Waals surface area contributed by atoms with E-state index in [9.17, 15) is 13.2 Å². The highest BCUT2D eigenvalue weighted by Gasteiger charge is 2.35. The second kappa shape index (κ2) is 2.98. The number of nitrogens with two attached hydrogens (primary N) is 1. The van der Waals surface area contributed by atoms with Crippen molar-refractivity contribution >= 4 is 0 Å². The summed E-state index contributed by atoms with van der Waals surface area (Å²) in [5, 5.41) is 0. The van der Waals surface area contributed by atoms with Crippen LogP contribution in [0.25, 0.3) is 0 Å². The van der Waals surface area contributed by atoms with Gasteiger partial charge in [0.05, 0.1) is 5.56 Å². The first-order valence-electron chi connectivity index (χ1n) is 4.80. The maximum Gasteiger partial charge on any atom is 0.416 e. The molecule has 1 aromatic rings. The van der Waals surface area contributed by atoms with Crippen molar-refractivity contribution < 1.29 is 13.2 Å². The standard InChI is InChI=1S/C11H12F3N/c1-10(15)5-4-7-2-3-8(6-9(7)10)11(12,13)14/h2-3,6H,4-5,15H2,1H3. The summed E-state index contributed by atoms with van der Waals surface area (Å²) in [4.78, 5) is 0. The highest BCUT2D eigenvalue weighted by atomic mass is 19.4. The number of alkyl halides is 3. The van der Waals surface area contributed by atoms with E-state index in [1.54, 1.807) is 6.92 Å². The summed E-state index contributed by atoms with van der Waals surface area (Å²) >= 11 is 0. The molecule has 0 saturated heterocycles. The highest BCUT2D eigenvalue weighted by molar-refractivity contribution is 5.41. The van der Waals surface area contributed by atoms with Gasteiger partial charge in [0, 0.05) is 5.54 Å². The monoisotopic (exact) mass is 215 g/mol. The molecule has 1 nitrogen and oxygen atoms in total. The van der Waals surface area contributed by atoms with E-state index in [0.717, 1.165) is 18.1 Å². The zero-order valence-electron chi connectivity index (χ0n) is 8.36. The molecule has 2 rings (SSSR count). The van der Waals surface area contributed by atoms with Crippen LogP contribution >= 0.6 is 0 Å². The topological polar surface area (TPSA) is 26.0 Å². The molecule has 0 heterocycles. The third-order valence-electron chi connectivity index (χ3n) is 2.97. The van der Waals surface area contributed by atoms with Gasteiger partial charge in [-0.05, 0) is 43.0 Å². The third kappa shape index (κ3) is 1.74. The Morgan fingerprint density at radius 2 is 2.00 bits per heavy atom. The van der Waals surface area contributed by atoms with Gasteiger partial charge in [-0.3, -0.25) is 0 Å². The summed E-state index contributed by atoms with van der Waals surface area (Å²) in [5.41, 5.74) is 6.28. The molecule has 0 saturated carbocycles. The van der Waals surface area contributed by atoms with E-state index in [2.05, 4.69) is 0 Å². The molecule has 1 unspecified atom stereocenters. The average molecular weight is 215 g/mol. The first-order valence-corrected chi connectivity index (χ1v) is 4.80. The molecule has 1 aromatic carbocycles. The zero-order chi connectivity index (χ0) is 11.3. The van der Waals surface area contributed by atoms with Gasteiger partial charge in [-0.2, -0.15) is 13.2 Å². The molecule has 4 heteroatoms. The van der Waals surface area contributed by atoms with Crippen molar-refractivity contribution in [2.45, 2.75) is 31.5 Å². The molecule has 2 N–H and O–H groups in total. The van der Waals surface area contributed by atoms with Crippen molar-refractivity contribution in [3.63, 3.8) is 0 Å². The maximum atomic E-state index is 12.5. The fraction of sp³-hybridized carbons (Fsp3) is 0.455. The summed E-state index contributed by atoms with van der Waals surface area (Å²) in [6, 6.07) is 3.85. The van der Waals surface area contributed by atoms with E-state index in [1.807, 2.05) is 0 Å². The molecule has 1 aliphatic carbocycles. The summed E-state index contributed by atoms with van der Waals surface area (Å²) < 4.78 is 37.4. The predicted octanol–water partition coefficient (Wildman–Crippen LogP) is 2.83. The van der Waals surface area contributed by atoms with Crippen LogP contribution < -0.4 is 5.73 Å².